The van der Waals surface area contributed by atoms with Crippen molar-refractivity contribution in [2.75, 3.05) is 13.2 Å². The van der Waals surface area contributed by atoms with Gasteiger partial charge in [0.05, 0.1) is 34.2 Å². The van der Waals surface area contributed by atoms with Gasteiger partial charge >= 0.3 is 0 Å². The smallest absolute Gasteiger partial charge is 0.241 e. The first-order valence-corrected chi connectivity index (χ1v) is 7.92. The molecule has 1 saturated heterocycles. The third-order valence-corrected chi connectivity index (χ3v) is 5.16. The number of halogens is 1. The summed E-state index contributed by atoms with van der Waals surface area (Å²) in [6, 6.07) is 6.34. The highest BCUT2D eigenvalue weighted by Crippen LogP contribution is 2.26. The standard InChI is InChI=1S/C13H13ClN2O3S/c1-13(7-19-8-13)16-20(17,18)9-2-3-12-10(6-9)11(14)4-5-15-12/h2-6,16H,7-8H2,1H3. The topological polar surface area (TPSA) is 68.3 Å². The quantitative estimate of drug-likeness (QED) is 0.940. The third-order valence-electron chi connectivity index (χ3n) is 3.19. The molecule has 1 fully saturated rings. The number of rotatable bonds is 3. The summed E-state index contributed by atoms with van der Waals surface area (Å²) in [7, 11) is -3.60. The fourth-order valence-electron chi connectivity index (χ4n) is 2.11. The first-order valence-electron chi connectivity index (χ1n) is 6.06. The van der Waals surface area contributed by atoms with E-state index in [2.05, 4.69) is 9.71 Å². The van der Waals surface area contributed by atoms with Crippen molar-refractivity contribution in [3.8, 4) is 0 Å². The molecule has 20 heavy (non-hydrogen) atoms. The lowest BCUT2D eigenvalue weighted by molar-refractivity contribution is -0.0523. The van der Waals surface area contributed by atoms with E-state index >= 15 is 0 Å². The molecule has 5 nitrogen and oxygen atoms in total. The molecule has 7 heteroatoms. The second kappa shape index (κ2) is 4.66. The molecule has 0 amide bonds. The predicted octanol–water partition coefficient (Wildman–Crippen LogP) is 1.96. The Morgan fingerprint density at radius 2 is 2.10 bits per heavy atom. The minimum absolute atomic E-state index is 0.174. The fraction of sp³-hybridized carbons (Fsp3) is 0.308. The summed E-state index contributed by atoms with van der Waals surface area (Å²) < 4.78 is 32.4. The normalized spacial score (nSPS) is 17.9. The molecule has 106 valence electrons. The highest BCUT2D eigenvalue weighted by Gasteiger charge is 2.37. The van der Waals surface area contributed by atoms with Crippen LogP contribution in [0.1, 0.15) is 6.92 Å². The van der Waals surface area contributed by atoms with Crippen LogP contribution in [0.25, 0.3) is 10.9 Å². The summed E-state index contributed by atoms with van der Waals surface area (Å²) in [6.07, 6.45) is 1.59. The molecule has 0 atom stereocenters. The van der Waals surface area contributed by atoms with Crippen LogP contribution in [0, 0.1) is 0 Å². The van der Waals surface area contributed by atoms with Gasteiger partial charge in [-0.25, -0.2) is 13.1 Å². The molecule has 1 aromatic heterocycles. The third kappa shape index (κ3) is 2.40. The van der Waals surface area contributed by atoms with E-state index in [0.29, 0.717) is 29.1 Å². The zero-order valence-electron chi connectivity index (χ0n) is 10.8. The Labute approximate surface area is 122 Å². The van der Waals surface area contributed by atoms with E-state index in [0.717, 1.165) is 0 Å². The summed E-state index contributed by atoms with van der Waals surface area (Å²) in [5.74, 6) is 0. The van der Waals surface area contributed by atoms with E-state index in [1.165, 1.54) is 12.1 Å². The van der Waals surface area contributed by atoms with Crippen LogP contribution < -0.4 is 4.72 Å². The van der Waals surface area contributed by atoms with Crippen LogP contribution in [0.5, 0.6) is 0 Å². The summed E-state index contributed by atoms with van der Waals surface area (Å²) in [4.78, 5) is 4.32. The van der Waals surface area contributed by atoms with Crippen molar-refractivity contribution < 1.29 is 13.2 Å². The van der Waals surface area contributed by atoms with E-state index in [1.807, 2.05) is 6.92 Å². The maximum atomic E-state index is 12.4. The van der Waals surface area contributed by atoms with Crippen molar-refractivity contribution in [1.82, 2.24) is 9.71 Å². The summed E-state index contributed by atoms with van der Waals surface area (Å²) in [6.45, 7) is 2.56. The van der Waals surface area contributed by atoms with Gasteiger partial charge in [-0.05, 0) is 31.2 Å². The molecule has 2 heterocycles. The van der Waals surface area contributed by atoms with Crippen LogP contribution in [0.2, 0.25) is 5.02 Å². The number of nitrogens with one attached hydrogen (secondary N) is 1. The lowest BCUT2D eigenvalue weighted by Gasteiger charge is -2.38. The molecular weight excluding hydrogens is 300 g/mol. The average molecular weight is 313 g/mol. The second-order valence-electron chi connectivity index (χ2n) is 5.13. The predicted molar refractivity (Wildman–Crippen MR) is 76.3 cm³/mol. The number of ether oxygens (including phenoxy) is 1. The van der Waals surface area contributed by atoms with Crippen molar-refractivity contribution in [3.63, 3.8) is 0 Å². The molecule has 0 aliphatic carbocycles. The fourth-order valence-corrected chi connectivity index (χ4v) is 3.72. The van der Waals surface area contributed by atoms with Gasteiger partial charge in [0.25, 0.3) is 0 Å². The Morgan fingerprint density at radius 3 is 2.75 bits per heavy atom. The van der Waals surface area contributed by atoms with E-state index in [-0.39, 0.29) is 4.90 Å². The monoisotopic (exact) mass is 312 g/mol. The maximum Gasteiger partial charge on any atom is 0.241 e. The molecule has 0 bridgehead atoms. The highest BCUT2D eigenvalue weighted by atomic mass is 35.5. The molecular formula is C13H13ClN2O3S. The molecule has 0 saturated carbocycles. The molecule has 0 radical (unpaired) electrons. The number of aromatic nitrogens is 1. The largest absolute Gasteiger partial charge is 0.377 e. The van der Waals surface area contributed by atoms with Crippen LogP contribution in [0.4, 0.5) is 0 Å². The number of sulfonamides is 1. The van der Waals surface area contributed by atoms with Gasteiger partial charge in [0.2, 0.25) is 10.0 Å². The molecule has 2 aromatic rings. The van der Waals surface area contributed by atoms with Crippen LogP contribution in [0.3, 0.4) is 0 Å². The van der Waals surface area contributed by atoms with Crippen LogP contribution in [-0.2, 0) is 14.8 Å². The summed E-state index contributed by atoms with van der Waals surface area (Å²) >= 11 is 6.08. The van der Waals surface area contributed by atoms with E-state index < -0.39 is 15.6 Å². The van der Waals surface area contributed by atoms with E-state index in [4.69, 9.17) is 16.3 Å². The van der Waals surface area contributed by atoms with Gasteiger partial charge in [0, 0.05) is 11.6 Å². The molecule has 1 aliphatic rings. The van der Waals surface area contributed by atoms with Gasteiger partial charge in [-0.15, -0.1) is 0 Å². The number of pyridine rings is 1. The Morgan fingerprint density at radius 1 is 1.35 bits per heavy atom. The van der Waals surface area contributed by atoms with Gasteiger partial charge in [-0.1, -0.05) is 11.6 Å². The van der Waals surface area contributed by atoms with Crippen LogP contribution in [-0.4, -0.2) is 32.2 Å². The minimum atomic E-state index is -3.60. The molecule has 0 spiro atoms. The highest BCUT2D eigenvalue weighted by molar-refractivity contribution is 7.89. The zero-order chi connectivity index (χ0) is 14.4. The first-order chi connectivity index (χ1) is 9.40. The number of fused-ring (bicyclic) bond motifs is 1. The molecule has 1 N–H and O–H groups in total. The number of nitrogens with zero attached hydrogens (tertiary/aromatic N) is 1. The maximum absolute atomic E-state index is 12.4. The SMILES string of the molecule is CC1(NS(=O)(=O)c2ccc3nccc(Cl)c3c2)COC1. The first kappa shape index (κ1) is 13.8. The van der Waals surface area contributed by atoms with Crippen molar-refractivity contribution in [2.45, 2.75) is 17.4 Å². The summed E-state index contributed by atoms with van der Waals surface area (Å²) in [5.41, 5.74) is 0.127. The number of hydrogen-bond donors (Lipinski definition) is 1. The number of hydrogen-bond acceptors (Lipinski definition) is 4. The van der Waals surface area contributed by atoms with Crippen molar-refractivity contribution >= 4 is 32.5 Å². The minimum Gasteiger partial charge on any atom is -0.377 e. The Bertz CT molecular complexity index is 772. The molecule has 1 aliphatic heterocycles. The average Bonchev–Trinajstić information content (AvgIpc) is 2.36. The molecule has 3 rings (SSSR count). The van der Waals surface area contributed by atoms with E-state index in [1.54, 1.807) is 18.3 Å². The van der Waals surface area contributed by atoms with Gasteiger partial charge in [-0.2, -0.15) is 0 Å². The lowest BCUT2D eigenvalue weighted by atomic mass is 10.0. The Balaban J connectivity index is 2.03. The zero-order valence-corrected chi connectivity index (χ0v) is 12.3. The Hall–Kier alpha value is -1.21. The van der Waals surface area contributed by atoms with Crippen LogP contribution >= 0.6 is 11.6 Å². The Kier molecular flexibility index (Phi) is 3.21. The lowest BCUT2D eigenvalue weighted by Crippen LogP contribution is -2.59. The second-order valence-corrected chi connectivity index (χ2v) is 7.22. The molecule has 1 aromatic carbocycles. The van der Waals surface area contributed by atoms with Crippen LogP contribution in [0.15, 0.2) is 35.4 Å². The van der Waals surface area contributed by atoms with Gasteiger partial charge in [-0.3, -0.25) is 4.98 Å². The van der Waals surface area contributed by atoms with Crippen molar-refractivity contribution in [3.05, 3.63) is 35.5 Å². The van der Waals surface area contributed by atoms with Crippen molar-refractivity contribution in [2.24, 2.45) is 0 Å². The van der Waals surface area contributed by atoms with Gasteiger partial charge in [0.15, 0.2) is 0 Å². The van der Waals surface area contributed by atoms with Gasteiger partial charge in [0.1, 0.15) is 0 Å². The van der Waals surface area contributed by atoms with Crippen molar-refractivity contribution in [1.29, 1.82) is 0 Å². The molecule has 0 unspecified atom stereocenters. The summed E-state index contributed by atoms with van der Waals surface area (Å²) in [5, 5.41) is 1.09. The number of benzene rings is 1. The van der Waals surface area contributed by atoms with Gasteiger partial charge < -0.3 is 4.74 Å². The van der Waals surface area contributed by atoms with E-state index in [9.17, 15) is 8.42 Å².